The molecule has 0 unspecified atom stereocenters. The zero-order chi connectivity index (χ0) is 20.3. The molecule has 0 aliphatic carbocycles. The second-order valence-electron chi connectivity index (χ2n) is 5.79. The molecule has 0 radical (unpaired) electrons. The first-order valence-corrected chi connectivity index (χ1v) is 10.2. The second-order valence-corrected chi connectivity index (χ2v) is 8.41. The number of halogens is 2. The van der Waals surface area contributed by atoms with E-state index >= 15 is 0 Å². The quantitative estimate of drug-likeness (QED) is 0.381. The normalized spacial score (nSPS) is 15.6. The lowest BCUT2D eigenvalue weighted by molar-refractivity contribution is -0.137. The molecule has 1 aromatic heterocycles. The summed E-state index contributed by atoms with van der Waals surface area (Å²) in [5.41, 5.74) is 4.10. The Labute approximate surface area is 173 Å². The number of carbonyl (C=O) groups excluding carboxylic acids is 1. The van der Waals surface area contributed by atoms with Crippen molar-refractivity contribution in [1.29, 1.82) is 0 Å². The molecular formula is C18H14F2N2O3S3. The molecule has 1 fully saturated rings. The number of nitrogens with zero attached hydrogens (tertiary/aromatic N) is 1. The summed E-state index contributed by atoms with van der Waals surface area (Å²) in [6.07, 6.45) is 2.06. The number of amides is 1. The van der Waals surface area contributed by atoms with Gasteiger partial charge in [-0.05, 0) is 47.2 Å². The van der Waals surface area contributed by atoms with Gasteiger partial charge in [0, 0.05) is 17.8 Å². The number of carboxylic acid groups (broad SMARTS) is 1. The van der Waals surface area contributed by atoms with Gasteiger partial charge in [-0.3, -0.25) is 9.59 Å². The first kappa shape index (κ1) is 20.6. The molecule has 2 heterocycles. The largest absolute Gasteiger partial charge is 0.481 e. The van der Waals surface area contributed by atoms with Gasteiger partial charge in [-0.1, -0.05) is 30.0 Å². The van der Waals surface area contributed by atoms with E-state index in [0.717, 1.165) is 34.3 Å². The third-order valence-electron chi connectivity index (χ3n) is 3.78. The first-order valence-electron chi connectivity index (χ1n) is 8.12. The summed E-state index contributed by atoms with van der Waals surface area (Å²) in [5, 5.41) is 11.7. The number of hydrogen-bond acceptors (Lipinski definition) is 6. The number of carbonyl (C=O) groups is 2. The van der Waals surface area contributed by atoms with Gasteiger partial charge >= 0.3 is 5.97 Å². The summed E-state index contributed by atoms with van der Waals surface area (Å²) in [4.78, 5) is 24.2. The van der Waals surface area contributed by atoms with E-state index in [2.05, 4.69) is 5.43 Å². The van der Waals surface area contributed by atoms with Crippen LogP contribution in [-0.2, 0) is 9.59 Å². The molecule has 1 aliphatic heterocycles. The summed E-state index contributed by atoms with van der Waals surface area (Å²) in [6, 6.07) is 5.47. The zero-order valence-corrected chi connectivity index (χ0v) is 16.7. The number of benzene rings is 1. The van der Waals surface area contributed by atoms with Crippen LogP contribution in [0, 0.1) is 11.6 Å². The molecule has 10 heteroatoms. The van der Waals surface area contributed by atoms with Crippen LogP contribution in [0.5, 0.6) is 0 Å². The van der Waals surface area contributed by atoms with E-state index in [1.165, 1.54) is 22.4 Å². The number of thiophene rings is 1. The molecular weight excluding hydrogens is 426 g/mol. The van der Waals surface area contributed by atoms with Crippen LogP contribution >= 0.6 is 35.3 Å². The highest BCUT2D eigenvalue weighted by Gasteiger charge is 2.32. The van der Waals surface area contributed by atoms with Crippen LogP contribution in [0.3, 0.4) is 0 Å². The van der Waals surface area contributed by atoms with Gasteiger partial charge in [0.15, 0.2) is 16.0 Å². The monoisotopic (exact) mass is 440 g/mol. The Kier molecular flexibility index (Phi) is 6.55. The average molecular weight is 441 g/mol. The van der Waals surface area contributed by atoms with Crippen LogP contribution in [0.25, 0.3) is 17.2 Å². The summed E-state index contributed by atoms with van der Waals surface area (Å²) in [5.74, 6) is -3.03. The van der Waals surface area contributed by atoms with Crippen LogP contribution in [-0.4, -0.2) is 32.9 Å². The number of nitrogens with one attached hydrogen (secondary N) is 1. The van der Waals surface area contributed by atoms with Crippen molar-refractivity contribution in [2.24, 2.45) is 0 Å². The summed E-state index contributed by atoms with van der Waals surface area (Å²) in [7, 11) is 0. The SMILES string of the molecule is O=C(O)CCCNN1C(=O)/C(=C/c2cc(-c3ccc(F)c(F)c3)cs2)SC1=S. The molecule has 146 valence electrons. The number of aliphatic carboxylic acids is 1. The maximum Gasteiger partial charge on any atom is 0.303 e. The predicted octanol–water partition coefficient (Wildman–Crippen LogP) is 4.26. The maximum atomic E-state index is 13.4. The van der Waals surface area contributed by atoms with Gasteiger partial charge in [0.2, 0.25) is 0 Å². The lowest BCUT2D eigenvalue weighted by Gasteiger charge is -2.15. The van der Waals surface area contributed by atoms with Gasteiger partial charge in [-0.25, -0.2) is 19.2 Å². The molecule has 2 aromatic rings. The van der Waals surface area contributed by atoms with Crippen molar-refractivity contribution in [3.63, 3.8) is 0 Å². The molecule has 0 bridgehead atoms. The van der Waals surface area contributed by atoms with Gasteiger partial charge in [0.25, 0.3) is 5.91 Å². The fraction of sp³-hybridized carbons (Fsp3) is 0.167. The predicted molar refractivity (Wildman–Crippen MR) is 110 cm³/mol. The van der Waals surface area contributed by atoms with Crippen molar-refractivity contribution in [2.75, 3.05) is 6.54 Å². The highest BCUT2D eigenvalue weighted by Crippen LogP contribution is 2.34. The minimum Gasteiger partial charge on any atom is -0.481 e. The molecule has 0 saturated carbocycles. The van der Waals surface area contributed by atoms with Gasteiger partial charge in [0.05, 0.1) is 4.91 Å². The van der Waals surface area contributed by atoms with Gasteiger partial charge < -0.3 is 5.11 Å². The van der Waals surface area contributed by atoms with Crippen molar-refractivity contribution < 1.29 is 23.5 Å². The van der Waals surface area contributed by atoms with Crippen LogP contribution in [0.1, 0.15) is 17.7 Å². The third kappa shape index (κ3) is 4.82. The molecule has 5 nitrogen and oxygen atoms in total. The Balaban J connectivity index is 1.69. The molecule has 1 saturated heterocycles. The first-order chi connectivity index (χ1) is 13.3. The highest BCUT2D eigenvalue weighted by atomic mass is 32.2. The molecule has 1 aliphatic rings. The Morgan fingerprint density at radius 1 is 1.25 bits per heavy atom. The summed E-state index contributed by atoms with van der Waals surface area (Å²) in [6.45, 7) is 0.311. The minimum absolute atomic E-state index is 0.000413. The van der Waals surface area contributed by atoms with E-state index < -0.39 is 17.6 Å². The van der Waals surface area contributed by atoms with Crippen LogP contribution in [0.15, 0.2) is 34.6 Å². The summed E-state index contributed by atoms with van der Waals surface area (Å²) >= 11 is 7.70. The van der Waals surface area contributed by atoms with Crippen molar-refractivity contribution in [1.82, 2.24) is 10.4 Å². The standard InChI is InChI=1S/C18H14F2N2O3S3/c19-13-4-3-10(7-14(13)20)11-6-12(27-9-11)8-15-17(25)22(18(26)28-15)21-5-1-2-16(23)24/h3-4,6-9,21H,1-2,5H2,(H,23,24)/b15-8-. The van der Waals surface area contributed by atoms with E-state index in [1.54, 1.807) is 17.5 Å². The number of rotatable bonds is 7. The topological polar surface area (TPSA) is 69.6 Å². The molecule has 0 atom stereocenters. The van der Waals surface area contributed by atoms with Crippen LogP contribution in [0.2, 0.25) is 0 Å². The van der Waals surface area contributed by atoms with E-state index in [4.69, 9.17) is 17.3 Å². The Hall–Kier alpha value is -2.14. The van der Waals surface area contributed by atoms with E-state index in [9.17, 15) is 18.4 Å². The molecule has 0 spiro atoms. The average Bonchev–Trinajstić information content (AvgIpc) is 3.20. The Morgan fingerprint density at radius 2 is 2.04 bits per heavy atom. The second kappa shape index (κ2) is 8.91. The van der Waals surface area contributed by atoms with Gasteiger partial charge in [-0.15, -0.1) is 11.3 Å². The molecule has 2 N–H and O–H groups in total. The number of hydrazine groups is 1. The Morgan fingerprint density at radius 3 is 2.75 bits per heavy atom. The third-order valence-corrected chi connectivity index (χ3v) is 5.96. The summed E-state index contributed by atoms with van der Waals surface area (Å²) < 4.78 is 26.8. The van der Waals surface area contributed by atoms with E-state index in [0.29, 0.717) is 27.8 Å². The molecule has 3 rings (SSSR count). The van der Waals surface area contributed by atoms with Gasteiger partial charge in [0.1, 0.15) is 0 Å². The molecule has 1 aromatic carbocycles. The van der Waals surface area contributed by atoms with Crippen molar-refractivity contribution in [2.45, 2.75) is 12.8 Å². The zero-order valence-electron chi connectivity index (χ0n) is 14.3. The number of carboxylic acids is 1. The highest BCUT2D eigenvalue weighted by molar-refractivity contribution is 8.26. The van der Waals surface area contributed by atoms with Gasteiger partial charge in [-0.2, -0.15) is 0 Å². The minimum atomic E-state index is -0.917. The lowest BCUT2D eigenvalue weighted by atomic mass is 10.1. The van der Waals surface area contributed by atoms with Crippen molar-refractivity contribution in [3.8, 4) is 11.1 Å². The fourth-order valence-corrected chi connectivity index (χ4v) is 4.55. The lowest BCUT2D eigenvalue weighted by Crippen LogP contribution is -2.41. The number of thiocarbonyl (C=S) groups is 1. The molecule has 28 heavy (non-hydrogen) atoms. The van der Waals surface area contributed by atoms with Crippen LogP contribution < -0.4 is 5.43 Å². The Bertz CT molecular complexity index is 975. The van der Waals surface area contributed by atoms with E-state index in [-0.39, 0.29) is 12.3 Å². The fourth-order valence-electron chi connectivity index (χ4n) is 2.42. The smallest absolute Gasteiger partial charge is 0.303 e. The van der Waals surface area contributed by atoms with E-state index in [1.807, 2.05) is 0 Å². The molecule has 1 amide bonds. The maximum absolute atomic E-state index is 13.4. The van der Waals surface area contributed by atoms with Crippen molar-refractivity contribution >= 4 is 57.6 Å². The van der Waals surface area contributed by atoms with Crippen LogP contribution in [0.4, 0.5) is 8.78 Å². The number of hydrogen-bond donors (Lipinski definition) is 2. The van der Waals surface area contributed by atoms with Crippen molar-refractivity contribution in [3.05, 3.63) is 51.1 Å². The number of thioether (sulfide) groups is 1.